The minimum absolute atomic E-state index is 0.382. The lowest BCUT2D eigenvalue weighted by Crippen LogP contribution is -2.09. The summed E-state index contributed by atoms with van der Waals surface area (Å²) >= 11 is 12.1. The maximum absolute atomic E-state index is 6.11. The van der Waals surface area contributed by atoms with Crippen LogP contribution >= 0.6 is 23.2 Å². The van der Waals surface area contributed by atoms with Crippen LogP contribution in [-0.4, -0.2) is 22.8 Å². The first kappa shape index (κ1) is 15.8. The Morgan fingerprint density at radius 1 is 1.17 bits per heavy atom. The molecule has 1 aliphatic rings. The molecule has 3 rings (SSSR count). The molecular weight excluding hydrogens is 335 g/mol. The Labute approximate surface area is 144 Å². The van der Waals surface area contributed by atoms with Gasteiger partial charge in [0.05, 0.1) is 11.2 Å². The molecule has 0 unspecified atom stereocenters. The molecule has 7 heteroatoms. The smallest absolute Gasteiger partial charge is 0.243 e. The fraction of sp³-hybridized carbons (Fsp3) is 0.188. The van der Waals surface area contributed by atoms with Crippen molar-refractivity contribution in [1.82, 2.24) is 9.97 Å². The molecule has 1 aromatic heterocycles. The van der Waals surface area contributed by atoms with Crippen molar-refractivity contribution in [3.8, 4) is 5.75 Å². The number of aryl methyl sites for hydroxylation is 2. The summed E-state index contributed by atoms with van der Waals surface area (Å²) < 4.78 is 5.65. The summed E-state index contributed by atoms with van der Waals surface area (Å²) in [6.07, 6.45) is 3.60. The van der Waals surface area contributed by atoms with Crippen LogP contribution in [0, 0.1) is 13.8 Å². The summed E-state index contributed by atoms with van der Waals surface area (Å²) in [4.78, 5) is 8.51. The van der Waals surface area contributed by atoms with Gasteiger partial charge in [0.1, 0.15) is 12.4 Å². The topological polar surface area (TPSA) is 59.4 Å². The number of hydrogen-bond acceptors (Lipinski definition) is 5. The molecule has 5 nitrogen and oxygen atoms in total. The second kappa shape index (κ2) is 6.56. The third kappa shape index (κ3) is 3.81. The van der Waals surface area contributed by atoms with Crippen molar-refractivity contribution in [1.29, 1.82) is 0 Å². The van der Waals surface area contributed by atoms with Crippen molar-refractivity contribution in [2.45, 2.75) is 13.8 Å². The first-order valence-corrected chi connectivity index (χ1v) is 7.70. The van der Waals surface area contributed by atoms with Crippen molar-refractivity contribution in [3.63, 3.8) is 0 Å². The normalized spacial score (nSPS) is 13.5. The van der Waals surface area contributed by atoms with Gasteiger partial charge in [-0.25, -0.2) is 15.4 Å². The Bertz CT molecular complexity index is 798. The van der Waals surface area contributed by atoms with E-state index in [0.29, 0.717) is 28.3 Å². The molecule has 118 valence electrons. The van der Waals surface area contributed by atoms with Gasteiger partial charge in [0.2, 0.25) is 5.95 Å². The van der Waals surface area contributed by atoms with E-state index in [1.54, 1.807) is 18.3 Å². The number of hydrazone groups is 1. The number of rotatable bonds is 3. The Morgan fingerprint density at radius 3 is 2.65 bits per heavy atom. The second-order valence-electron chi connectivity index (χ2n) is 5.16. The van der Waals surface area contributed by atoms with Crippen molar-refractivity contribution in [2.24, 2.45) is 5.10 Å². The van der Waals surface area contributed by atoms with Crippen molar-refractivity contribution in [3.05, 3.63) is 50.8 Å². The van der Waals surface area contributed by atoms with Crippen LogP contribution in [0.1, 0.15) is 17.0 Å². The van der Waals surface area contributed by atoms with Gasteiger partial charge in [0.25, 0.3) is 0 Å². The average molecular weight is 349 g/mol. The standard InChI is InChI=1S/C16H14Cl2N4O/c1-9-3-10(2)21-16(20-9)22-19-7-11-4-12-5-13(17)6-14(18)15(12)23-8-11/h3-7H,8H2,1-2H3,(H,20,21,22). The minimum atomic E-state index is 0.382. The zero-order valence-corrected chi connectivity index (χ0v) is 14.1. The van der Waals surface area contributed by atoms with E-state index in [-0.39, 0.29) is 0 Å². The molecule has 23 heavy (non-hydrogen) atoms. The van der Waals surface area contributed by atoms with Gasteiger partial charge in [0.15, 0.2) is 0 Å². The van der Waals surface area contributed by atoms with Gasteiger partial charge in [-0.15, -0.1) is 0 Å². The molecule has 0 aliphatic carbocycles. The molecule has 0 saturated carbocycles. The zero-order chi connectivity index (χ0) is 16.4. The quantitative estimate of drug-likeness (QED) is 0.664. The van der Waals surface area contributed by atoms with Crippen LogP contribution in [0.15, 0.2) is 28.9 Å². The average Bonchev–Trinajstić information content (AvgIpc) is 2.45. The van der Waals surface area contributed by atoms with Crippen LogP contribution < -0.4 is 10.2 Å². The highest BCUT2D eigenvalue weighted by atomic mass is 35.5. The lowest BCUT2D eigenvalue weighted by Gasteiger charge is -2.17. The van der Waals surface area contributed by atoms with Gasteiger partial charge in [-0.1, -0.05) is 23.2 Å². The molecule has 2 aromatic rings. The molecule has 0 spiro atoms. The first-order valence-electron chi connectivity index (χ1n) is 6.95. The van der Waals surface area contributed by atoms with Crippen molar-refractivity contribution < 1.29 is 4.74 Å². The first-order chi connectivity index (χ1) is 11.0. The summed E-state index contributed by atoms with van der Waals surface area (Å²) in [6, 6.07) is 5.36. The lowest BCUT2D eigenvalue weighted by molar-refractivity contribution is 0.354. The largest absolute Gasteiger partial charge is 0.487 e. The number of anilines is 1. The number of fused-ring (bicyclic) bond motifs is 1. The number of nitrogens with zero attached hydrogens (tertiary/aromatic N) is 3. The summed E-state index contributed by atoms with van der Waals surface area (Å²) in [5.74, 6) is 1.10. The Kier molecular flexibility index (Phi) is 4.50. The lowest BCUT2D eigenvalue weighted by atomic mass is 10.1. The van der Waals surface area contributed by atoms with E-state index in [1.807, 2.05) is 26.0 Å². The van der Waals surface area contributed by atoms with Gasteiger partial charge in [0, 0.05) is 27.5 Å². The van der Waals surface area contributed by atoms with E-state index in [4.69, 9.17) is 27.9 Å². The van der Waals surface area contributed by atoms with Crippen LogP contribution in [0.4, 0.5) is 5.95 Å². The minimum Gasteiger partial charge on any atom is -0.487 e. The maximum atomic E-state index is 6.11. The molecule has 0 saturated heterocycles. The third-order valence-electron chi connectivity index (χ3n) is 3.14. The second-order valence-corrected chi connectivity index (χ2v) is 6.00. The molecule has 2 heterocycles. The van der Waals surface area contributed by atoms with Gasteiger partial charge in [-0.2, -0.15) is 5.10 Å². The highest BCUT2D eigenvalue weighted by molar-refractivity contribution is 6.36. The predicted molar refractivity (Wildman–Crippen MR) is 93.6 cm³/mol. The zero-order valence-electron chi connectivity index (χ0n) is 12.6. The van der Waals surface area contributed by atoms with E-state index in [9.17, 15) is 0 Å². The highest BCUT2D eigenvalue weighted by Gasteiger charge is 2.14. The van der Waals surface area contributed by atoms with E-state index in [1.165, 1.54) is 0 Å². The van der Waals surface area contributed by atoms with E-state index >= 15 is 0 Å². The Balaban J connectivity index is 1.76. The number of nitrogens with one attached hydrogen (secondary N) is 1. The third-order valence-corrected chi connectivity index (χ3v) is 3.64. The number of halogens is 2. The fourth-order valence-electron chi connectivity index (χ4n) is 2.26. The summed E-state index contributed by atoms with van der Waals surface area (Å²) in [7, 11) is 0. The van der Waals surface area contributed by atoms with Crippen LogP contribution in [0.2, 0.25) is 10.0 Å². The van der Waals surface area contributed by atoms with Crippen molar-refractivity contribution >= 4 is 41.4 Å². The number of ether oxygens (including phenoxy) is 1. The molecule has 0 atom stereocenters. The molecule has 0 bridgehead atoms. The van der Waals surface area contributed by atoms with E-state index in [0.717, 1.165) is 22.5 Å². The fourth-order valence-corrected chi connectivity index (χ4v) is 2.82. The summed E-state index contributed by atoms with van der Waals surface area (Å²) in [5.41, 5.74) is 6.30. The van der Waals surface area contributed by atoms with Gasteiger partial charge < -0.3 is 4.74 Å². The van der Waals surface area contributed by atoms with Crippen LogP contribution in [0.25, 0.3) is 6.08 Å². The molecule has 1 aromatic carbocycles. The van der Waals surface area contributed by atoms with Crippen LogP contribution in [0.5, 0.6) is 5.75 Å². The number of aromatic nitrogens is 2. The summed E-state index contributed by atoms with van der Waals surface area (Å²) in [5, 5.41) is 5.22. The molecule has 1 aliphatic heterocycles. The monoisotopic (exact) mass is 348 g/mol. The van der Waals surface area contributed by atoms with E-state index < -0.39 is 0 Å². The molecule has 0 amide bonds. The van der Waals surface area contributed by atoms with Crippen molar-refractivity contribution in [2.75, 3.05) is 12.0 Å². The predicted octanol–water partition coefficient (Wildman–Crippen LogP) is 4.27. The number of benzene rings is 1. The Morgan fingerprint density at radius 2 is 1.91 bits per heavy atom. The molecule has 1 N–H and O–H groups in total. The van der Waals surface area contributed by atoms with E-state index in [2.05, 4.69) is 20.5 Å². The van der Waals surface area contributed by atoms with Gasteiger partial charge in [-0.05, 0) is 38.1 Å². The summed E-state index contributed by atoms with van der Waals surface area (Å²) in [6.45, 7) is 4.20. The van der Waals surface area contributed by atoms with Gasteiger partial charge in [-0.3, -0.25) is 0 Å². The number of hydrogen-bond donors (Lipinski definition) is 1. The molecule has 0 radical (unpaired) electrons. The maximum Gasteiger partial charge on any atom is 0.243 e. The SMILES string of the molecule is Cc1cc(C)nc(NN=CC2=Cc3cc(Cl)cc(Cl)c3OC2)n1. The molecule has 0 fully saturated rings. The Hall–Kier alpha value is -2.11. The van der Waals surface area contributed by atoms with Crippen LogP contribution in [0.3, 0.4) is 0 Å². The van der Waals surface area contributed by atoms with Gasteiger partial charge >= 0.3 is 0 Å². The molecular formula is C16H14Cl2N4O. The highest BCUT2D eigenvalue weighted by Crippen LogP contribution is 2.36. The van der Waals surface area contributed by atoms with Crippen LogP contribution in [-0.2, 0) is 0 Å².